The molecule has 0 saturated heterocycles. The Morgan fingerprint density at radius 1 is 1.47 bits per heavy atom. The van der Waals surface area contributed by atoms with Gasteiger partial charge in [0, 0.05) is 6.54 Å². The fraction of sp³-hybridized carbons (Fsp3) is 0.333. The SMILES string of the molecule is O=c1c2c(Cl)ccc(O)c2ncn1CC1CC1. The fourth-order valence-electron chi connectivity index (χ4n) is 1.92. The van der Waals surface area contributed by atoms with Crippen LogP contribution in [0.25, 0.3) is 10.9 Å². The number of halogens is 1. The standard InChI is InChI=1S/C12H11ClN2O2/c13-8-3-4-9(16)11-10(8)12(17)15(6-14-11)5-7-1-2-7/h3-4,6-7,16H,1-2,5H2. The molecule has 1 heterocycles. The first-order valence-electron chi connectivity index (χ1n) is 5.53. The molecule has 1 aromatic heterocycles. The molecule has 0 amide bonds. The lowest BCUT2D eigenvalue weighted by Gasteiger charge is -2.07. The normalized spacial score (nSPS) is 15.4. The van der Waals surface area contributed by atoms with Gasteiger partial charge in [0.25, 0.3) is 5.56 Å². The largest absolute Gasteiger partial charge is 0.506 e. The summed E-state index contributed by atoms with van der Waals surface area (Å²) in [6.07, 6.45) is 3.82. The molecule has 4 nitrogen and oxygen atoms in total. The molecular formula is C12H11ClN2O2. The molecule has 3 rings (SSSR count). The first-order chi connectivity index (χ1) is 8.16. The number of hydrogen-bond acceptors (Lipinski definition) is 3. The molecule has 2 aromatic rings. The molecule has 0 atom stereocenters. The molecule has 1 N–H and O–H groups in total. The third-order valence-corrected chi connectivity index (χ3v) is 3.37. The van der Waals surface area contributed by atoms with Crippen LogP contribution in [0.5, 0.6) is 5.75 Å². The average Bonchev–Trinajstić information content (AvgIpc) is 3.11. The lowest BCUT2D eigenvalue weighted by Crippen LogP contribution is -2.21. The van der Waals surface area contributed by atoms with Crippen molar-refractivity contribution in [1.29, 1.82) is 0 Å². The van der Waals surface area contributed by atoms with Gasteiger partial charge in [-0.1, -0.05) is 11.6 Å². The van der Waals surface area contributed by atoms with E-state index >= 15 is 0 Å². The zero-order valence-corrected chi connectivity index (χ0v) is 9.81. The van der Waals surface area contributed by atoms with Crippen LogP contribution in [0.3, 0.4) is 0 Å². The van der Waals surface area contributed by atoms with E-state index in [0.29, 0.717) is 22.9 Å². The van der Waals surface area contributed by atoms with Crippen molar-refractivity contribution in [2.24, 2.45) is 5.92 Å². The van der Waals surface area contributed by atoms with Gasteiger partial charge in [0.1, 0.15) is 11.3 Å². The van der Waals surface area contributed by atoms with E-state index in [2.05, 4.69) is 4.98 Å². The maximum Gasteiger partial charge on any atom is 0.262 e. The molecule has 17 heavy (non-hydrogen) atoms. The summed E-state index contributed by atoms with van der Waals surface area (Å²) < 4.78 is 1.57. The molecule has 1 fully saturated rings. The van der Waals surface area contributed by atoms with Crippen LogP contribution in [-0.4, -0.2) is 14.7 Å². The van der Waals surface area contributed by atoms with Gasteiger partial charge in [0.15, 0.2) is 0 Å². The summed E-state index contributed by atoms with van der Waals surface area (Å²) in [5.74, 6) is 0.572. The quantitative estimate of drug-likeness (QED) is 0.889. The summed E-state index contributed by atoms with van der Waals surface area (Å²) in [6.45, 7) is 0.688. The molecule has 0 spiro atoms. The highest BCUT2D eigenvalue weighted by atomic mass is 35.5. The number of phenolic OH excluding ortho intramolecular Hbond substituents is 1. The highest BCUT2D eigenvalue weighted by molar-refractivity contribution is 6.35. The molecule has 0 bridgehead atoms. The van der Waals surface area contributed by atoms with Crippen LogP contribution in [0.4, 0.5) is 0 Å². The maximum absolute atomic E-state index is 12.2. The summed E-state index contributed by atoms with van der Waals surface area (Å²) in [7, 11) is 0. The van der Waals surface area contributed by atoms with Gasteiger partial charge in [0.05, 0.1) is 16.7 Å². The van der Waals surface area contributed by atoms with Crippen molar-refractivity contribution in [3.63, 3.8) is 0 Å². The second-order valence-corrected chi connectivity index (χ2v) is 4.84. The van der Waals surface area contributed by atoms with Gasteiger partial charge in [-0.25, -0.2) is 4.98 Å². The van der Waals surface area contributed by atoms with Crippen molar-refractivity contribution in [2.75, 3.05) is 0 Å². The summed E-state index contributed by atoms with van der Waals surface area (Å²) in [5, 5.41) is 10.3. The first-order valence-corrected chi connectivity index (χ1v) is 5.91. The van der Waals surface area contributed by atoms with Gasteiger partial charge < -0.3 is 5.11 Å². The maximum atomic E-state index is 12.2. The second kappa shape index (κ2) is 3.74. The Morgan fingerprint density at radius 2 is 2.24 bits per heavy atom. The molecule has 1 aromatic carbocycles. The Labute approximate surface area is 102 Å². The number of phenols is 1. The zero-order valence-electron chi connectivity index (χ0n) is 9.06. The molecule has 88 valence electrons. The van der Waals surface area contributed by atoms with Gasteiger partial charge >= 0.3 is 0 Å². The average molecular weight is 251 g/mol. The van der Waals surface area contributed by atoms with E-state index in [1.807, 2.05) is 0 Å². The van der Waals surface area contributed by atoms with Gasteiger partial charge in [0.2, 0.25) is 0 Å². The third-order valence-electron chi connectivity index (χ3n) is 3.06. The smallest absolute Gasteiger partial charge is 0.262 e. The predicted octanol–water partition coefficient (Wildman–Crippen LogP) is 2.17. The molecule has 1 aliphatic rings. The molecule has 0 radical (unpaired) electrons. The Kier molecular flexibility index (Phi) is 2.33. The van der Waals surface area contributed by atoms with Gasteiger partial charge in [-0.05, 0) is 30.9 Å². The van der Waals surface area contributed by atoms with E-state index in [-0.39, 0.29) is 16.8 Å². The molecule has 1 aliphatic carbocycles. The minimum Gasteiger partial charge on any atom is -0.506 e. The van der Waals surface area contributed by atoms with E-state index in [4.69, 9.17) is 11.6 Å². The number of rotatable bonds is 2. The summed E-state index contributed by atoms with van der Waals surface area (Å²) in [6, 6.07) is 2.96. The second-order valence-electron chi connectivity index (χ2n) is 4.44. The lowest BCUT2D eigenvalue weighted by molar-refractivity contribution is 0.479. The van der Waals surface area contributed by atoms with Crippen molar-refractivity contribution < 1.29 is 5.11 Å². The van der Waals surface area contributed by atoms with Crippen LogP contribution < -0.4 is 5.56 Å². The van der Waals surface area contributed by atoms with Crippen LogP contribution >= 0.6 is 11.6 Å². The molecule has 1 saturated carbocycles. The van der Waals surface area contributed by atoms with Crippen LogP contribution in [0, 0.1) is 5.92 Å². The summed E-state index contributed by atoms with van der Waals surface area (Å²) >= 11 is 5.99. The number of nitrogens with zero attached hydrogens (tertiary/aromatic N) is 2. The Balaban J connectivity index is 2.25. The lowest BCUT2D eigenvalue weighted by atomic mass is 10.2. The van der Waals surface area contributed by atoms with Crippen LogP contribution in [0.15, 0.2) is 23.3 Å². The number of benzene rings is 1. The highest BCUT2D eigenvalue weighted by Gasteiger charge is 2.23. The van der Waals surface area contributed by atoms with Crippen molar-refractivity contribution >= 4 is 22.5 Å². The first kappa shape index (κ1) is 10.6. The van der Waals surface area contributed by atoms with Crippen molar-refractivity contribution in [1.82, 2.24) is 9.55 Å². The van der Waals surface area contributed by atoms with E-state index in [9.17, 15) is 9.90 Å². The van der Waals surface area contributed by atoms with E-state index in [1.54, 1.807) is 4.57 Å². The number of hydrogen-bond donors (Lipinski definition) is 1. The number of aromatic nitrogens is 2. The van der Waals surface area contributed by atoms with E-state index in [1.165, 1.54) is 18.5 Å². The monoisotopic (exact) mass is 250 g/mol. The zero-order chi connectivity index (χ0) is 12.0. The summed E-state index contributed by atoms with van der Waals surface area (Å²) in [5.41, 5.74) is 0.0948. The van der Waals surface area contributed by atoms with Gasteiger partial charge in [-0.2, -0.15) is 0 Å². The number of fused-ring (bicyclic) bond motifs is 1. The summed E-state index contributed by atoms with van der Waals surface area (Å²) in [4.78, 5) is 16.3. The highest BCUT2D eigenvalue weighted by Crippen LogP contribution is 2.31. The molecular weight excluding hydrogens is 240 g/mol. The predicted molar refractivity (Wildman–Crippen MR) is 65.4 cm³/mol. The minimum absolute atomic E-state index is 0.0138. The Morgan fingerprint density at radius 3 is 2.94 bits per heavy atom. The van der Waals surface area contributed by atoms with E-state index < -0.39 is 0 Å². The van der Waals surface area contributed by atoms with Crippen molar-refractivity contribution in [2.45, 2.75) is 19.4 Å². The Hall–Kier alpha value is -1.55. The van der Waals surface area contributed by atoms with Crippen molar-refractivity contribution in [3.8, 4) is 5.75 Å². The molecule has 0 unspecified atom stereocenters. The fourth-order valence-corrected chi connectivity index (χ4v) is 2.16. The van der Waals surface area contributed by atoms with Gasteiger partial charge in [-0.15, -0.1) is 0 Å². The topological polar surface area (TPSA) is 55.1 Å². The molecule has 0 aliphatic heterocycles. The molecule has 5 heteroatoms. The van der Waals surface area contributed by atoms with Crippen LogP contribution in [0.2, 0.25) is 5.02 Å². The van der Waals surface area contributed by atoms with Crippen LogP contribution in [-0.2, 0) is 6.54 Å². The Bertz CT molecular complexity index is 647. The van der Waals surface area contributed by atoms with E-state index in [0.717, 1.165) is 12.8 Å². The third kappa shape index (κ3) is 1.78. The van der Waals surface area contributed by atoms with Crippen molar-refractivity contribution in [3.05, 3.63) is 33.8 Å². The minimum atomic E-state index is -0.178. The number of aromatic hydroxyl groups is 1. The van der Waals surface area contributed by atoms with Gasteiger partial charge in [-0.3, -0.25) is 9.36 Å². The van der Waals surface area contributed by atoms with Crippen LogP contribution in [0.1, 0.15) is 12.8 Å².